The Morgan fingerprint density at radius 2 is 0.958 bits per heavy atom. The summed E-state index contributed by atoms with van der Waals surface area (Å²) in [6, 6.07) is 51.6. The van der Waals surface area contributed by atoms with Crippen LogP contribution < -0.4 is 0 Å². The maximum Gasteiger partial charge on any atom is 0.167 e. The van der Waals surface area contributed by atoms with Crippen molar-refractivity contribution in [2.45, 2.75) is 0 Å². The van der Waals surface area contributed by atoms with Gasteiger partial charge in [-0.05, 0) is 58.3 Å². The van der Waals surface area contributed by atoms with Gasteiger partial charge < -0.3 is 8.83 Å². The molecule has 0 saturated heterocycles. The topological polar surface area (TPSA) is 65.0 Å². The van der Waals surface area contributed by atoms with E-state index in [1.54, 1.807) is 0 Å². The first-order chi connectivity index (χ1) is 23.8. The quantitative estimate of drug-likeness (QED) is 0.197. The second-order valence-electron chi connectivity index (χ2n) is 12.0. The standard InChI is InChI=1S/C43H25N3O2/c1-3-12-26(13-4-1)34-25-38-39(31-18-8-7-16-29(31)34)35-24-28(22-23-37(35)47-38)42-44-41(27-14-5-2-6-15-27)45-43(46-42)33-20-11-19-32-30-17-9-10-21-36(30)48-40(32)33/h1-25H. The Kier molecular flexibility index (Phi) is 5.81. The summed E-state index contributed by atoms with van der Waals surface area (Å²) in [4.78, 5) is 15.1. The third-order valence-electron chi connectivity index (χ3n) is 9.13. The number of nitrogens with zero attached hydrogens (tertiary/aromatic N) is 3. The first kappa shape index (κ1) is 26.6. The molecule has 48 heavy (non-hydrogen) atoms. The van der Waals surface area contributed by atoms with E-state index < -0.39 is 0 Å². The predicted octanol–water partition coefficient (Wildman–Crippen LogP) is 11.5. The molecule has 10 aromatic rings. The van der Waals surface area contributed by atoms with E-state index in [2.05, 4.69) is 72.8 Å². The van der Waals surface area contributed by atoms with Gasteiger partial charge in [-0.2, -0.15) is 0 Å². The van der Waals surface area contributed by atoms with Gasteiger partial charge in [-0.3, -0.25) is 0 Å². The number of hydrogen-bond donors (Lipinski definition) is 0. The monoisotopic (exact) mass is 615 g/mol. The predicted molar refractivity (Wildman–Crippen MR) is 194 cm³/mol. The van der Waals surface area contributed by atoms with Crippen molar-refractivity contribution in [2.24, 2.45) is 0 Å². The molecule has 0 N–H and O–H groups in total. The normalized spacial score (nSPS) is 11.8. The number of benzene rings is 7. The molecule has 10 rings (SSSR count). The third kappa shape index (κ3) is 4.15. The molecular weight excluding hydrogens is 590 g/mol. The second-order valence-corrected chi connectivity index (χ2v) is 12.0. The summed E-state index contributed by atoms with van der Waals surface area (Å²) in [7, 11) is 0. The molecule has 5 heteroatoms. The fourth-order valence-electron chi connectivity index (χ4n) is 6.90. The highest BCUT2D eigenvalue weighted by molar-refractivity contribution is 6.22. The Morgan fingerprint density at radius 3 is 1.77 bits per heavy atom. The van der Waals surface area contributed by atoms with Crippen LogP contribution in [0, 0.1) is 0 Å². The maximum absolute atomic E-state index is 6.51. The van der Waals surface area contributed by atoms with Crippen LogP contribution >= 0.6 is 0 Å². The number of rotatable bonds is 4. The van der Waals surface area contributed by atoms with Gasteiger partial charge in [-0.15, -0.1) is 0 Å². The zero-order valence-electron chi connectivity index (χ0n) is 25.6. The molecule has 0 spiro atoms. The molecule has 7 aromatic carbocycles. The molecule has 0 aliphatic rings. The molecule has 5 nitrogen and oxygen atoms in total. The maximum atomic E-state index is 6.51. The lowest BCUT2D eigenvalue weighted by Gasteiger charge is -2.09. The Bertz CT molecular complexity index is 2840. The van der Waals surface area contributed by atoms with Gasteiger partial charge in [-0.1, -0.05) is 115 Å². The molecule has 0 aliphatic carbocycles. The molecule has 0 radical (unpaired) electrons. The van der Waals surface area contributed by atoms with E-state index in [1.165, 1.54) is 5.39 Å². The van der Waals surface area contributed by atoms with Crippen molar-refractivity contribution in [2.75, 3.05) is 0 Å². The molecule has 3 heterocycles. The number of furan rings is 2. The van der Waals surface area contributed by atoms with Gasteiger partial charge in [0.2, 0.25) is 0 Å². The van der Waals surface area contributed by atoms with E-state index >= 15 is 0 Å². The lowest BCUT2D eigenvalue weighted by Crippen LogP contribution is -2.00. The Morgan fingerprint density at radius 1 is 0.333 bits per heavy atom. The van der Waals surface area contributed by atoms with Crippen LogP contribution in [0.15, 0.2) is 160 Å². The molecule has 0 saturated carbocycles. The van der Waals surface area contributed by atoms with E-state index in [1.807, 2.05) is 78.9 Å². The van der Waals surface area contributed by atoms with Crippen molar-refractivity contribution in [3.05, 3.63) is 152 Å². The third-order valence-corrected chi connectivity index (χ3v) is 9.13. The van der Waals surface area contributed by atoms with Crippen LogP contribution in [0.25, 0.3) is 99.9 Å². The van der Waals surface area contributed by atoms with Gasteiger partial charge in [0.05, 0.1) is 5.56 Å². The Labute approximate surface area is 274 Å². The minimum atomic E-state index is 0.554. The molecule has 224 valence electrons. The second kappa shape index (κ2) is 10.5. The molecule has 0 bridgehead atoms. The van der Waals surface area contributed by atoms with Crippen LogP contribution in [0.4, 0.5) is 0 Å². The summed E-state index contributed by atoms with van der Waals surface area (Å²) in [5.41, 5.74) is 8.15. The lowest BCUT2D eigenvalue weighted by atomic mass is 9.95. The first-order valence-electron chi connectivity index (χ1n) is 15.9. The van der Waals surface area contributed by atoms with E-state index in [4.69, 9.17) is 23.8 Å². The summed E-state index contributed by atoms with van der Waals surface area (Å²) in [5.74, 6) is 1.73. The minimum absolute atomic E-state index is 0.554. The summed E-state index contributed by atoms with van der Waals surface area (Å²) < 4.78 is 12.9. The van der Waals surface area contributed by atoms with Gasteiger partial charge in [0.25, 0.3) is 0 Å². The smallest absolute Gasteiger partial charge is 0.167 e. The minimum Gasteiger partial charge on any atom is -0.456 e. The Balaban J connectivity index is 1.21. The molecule has 3 aromatic heterocycles. The van der Waals surface area contributed by atoms with Gasteiger partial charge in [0, 0.05) is 32.7 Å². The zero-order chi connectivity index (χ0) is 31.6. The largest absolute Gasteiger partial charge is 0.456 e. The van der Waals surface area contributed by atoms with Gasteiger partial charge >= 0.3 is 0 Å². The lowest BCUT2D eigenvalue weighted by molar-refractivity contribution is 0.669. The van der Waals surface area contributed by atoms with Crippen LogP contribution in [-0.4, -0.2) is 15.0 Å². The molecule has 0 fully saturated rings. The fourth-order valence-corrected chi connectivity index (χ4v) is 6.90. The zero-order valence-corrected chi connectivity index (χ0v) is 25.6. The average Bonchev–Trinajstić information content (AvgIpc) is 3.73. The van der Waals surface area contributed by atoms with E-state index in [-0.39, 0.29) is 0 Å². The first-order valence-corrected chi connectivity index (χ1v) is 15.9. The van der Waals surface area contributed by atoms with E-state index in [0.29, 0.717) is 17.5 Å². The SMILES string of the molecule is c1ccc(-c2nc(-c3ccc4oc5cc(-c6ccccc6)c6ccccc6c5c4c3)nc(-c3cccc4c3oc3ccccc34)n2)cc1. The molecule has 0 atom stereocenters. The molecule has 0 amide bonds. The number of hydrogen-bond acceptors (Lipinski definition) is 5. The highest BCUT2D eigenvalue weighted by Crippen LogP contribution is 2.41. The summed E-state index contributed by atoms with van der Waals surface area (Å²) >= 11 is 0. The number of aromatic nitrogens is 3. The van der Waals surface area contributed by atoms with Crippen molar-refractivity contribution in [3.8, 4) is 45.3 Å². The van der Waals surface area contributed by atoms with Crippen LogP contribution in [0.5, 0.6) is 0 Å². The average molecular weight is 616 g/mol. The summed E-state index contributed by atoms with van der Waals surface area (Å²) in [6.07, 6.45) is 0. The fraction of sp³-hybridized carbons (Fsp3) is 0. The van der Waals surface area contributed by atoms with Crippen LogP contribution in [0.1, 0.15) is 0 Å². The van der Waals surface area contributed by atoms with Gasteiger partial charge in [-0.25, -0.2) is 15.0 Å². The van der Waals surface area contributed by atoms with Crippen molar-refractivity contribution in [1.29, 1.82) is 0 Å². The van der Waals surface area contributed by atoms with Crippen LogP contribution in [0.3, 0.4) is 0 Å². The van der Waals surface area contributed by atoms with Crippen molar-refractivity contribution < 1.29 is 8.83 Å². The van der Waals surface area contributed by atoms with Crippen molar-refractivity contribution in [3.63, 3.8) is 0 Å². The molecule has 0 aliphatic heterocycles. The highest BCUT2D eigenvalue weighted by atomic mass is 16.3. The Hall–Kier alpha value is -6.59. The molecule has 0 unspecified atom stereocenters. The molecular formula is C43H25N3O2. The van der Waals surface area contributed by atoms with Crippen LogP contribution in [-0.2, 0) is 0 Å². The summed E-state index contributed by atoms with van der Waals surface area (Å²) in [5, 5.41) is 6.50. The van der Waals surface area contributed by atoms with Gasteiger partial charge in [0.1, 0.15) is 22.3 Å². The summed E-state index contributed by atoms with van der Waals surface area (Å²) in [6.45, 7) is 0. The van der Waals surface area contributed by atoms with E-state index in [0.717, 1.165) is 77.1 Å². The van der Waals surface area contributed by atoms with Crippen molar-refractivity contribution >= 4 is 54.6 Å². The van der Waals surface area contributed by atoms with Crippen molar-refractivity contribution in [1.82, 2.24) is 15.0 Å². The number of para-hydroxylation sites is 2. The van der Waals surface area contributed by atoms with Gasteiger partial charge in [0.15, 0.2) is 17.5 Å². The number of fused-ring (bicyclic) bond motifs is 8. The highest BCUT2D eigenvalue weighted by Gasteiger charge is 2.20. The van der Waals surface area contributed by atoms with Crippen LogP contribution in [0.2, 0.25) is 0 Å². The van der Waals surface area contributed by atoms with E-state index in [9.17, 15) is 0 Å².